The van der Waals surface area contributed by atoms with Crippen molar-refractivity contribution in [2.75, 3.05) is 36.6 Å². The van der Waals surface area contributed by atoms with Crippen LogP contribution in [0.4, 0.5) is 11.4 Å². The Hall–Kier alpha value is -4.73. The summed E-state index contributed by atoms with van der Waals surface area (Å²) >= 11 is 0. The van der Waals surface area contributed by atoms with E-state index in [9.17, 15) is 19.5 Å². The fraction of sp³-hybridized carbons (Fsp3) is 0.342. The van der Waals surface area contributed by atoms with Gasteiger partial charge in [-0.1, -0.05) is 60.7 Å². The quantitative estimate of drug-likeness (QED) is 0.280. The molecule has 3 fully saturated rings. The maximum atomic E-state index is 15.0. The third kappa shape index (κ3) is 5.64. The van der Waals surface area contributed by atoms with E-state index in [1.165, 1.54) is 4.90 Å². The van der Waals surface area contributed by atoms with Crippen molar-refractivity contribution in [3.8, 4) is 5.75 Å². The standard InChI is InChI=1S/C38H41N3O6/c1-4-22-39(27-14-10-7-11-15-27)35(43)32-31-20-21-38(47-31)33(32)36(44)41(29(25-42)24-26-12-8-6-9-13-26)34(38)37(45)40(23-5-2)28-16-18-30(46-3)19-17-28/h4-19,29,31-34,42H,1-2,20-25H2,3H3/t29-,31+,32-,33+,34?,38?/m1/s1. The van der Waals surface area contributed by atoms with Crippen LogP contribution < -0.4 is 14.5 Å². The molecule has 3 saturated heterocycles. The van der Waals surface area contributed by atoms with Crippen LogP contribution in [-0.4, -0.2) is 78.3 Å². The van der Waals surface area contributed by atoms with Gasteiger partial charge in [0.2, 0.25) is 11.8 Å². The number of para-hydroxylation sites is 1. The number of carbonyl (C=O) groups excluding carboxylic acids is 3. The number of rotatable bonds is 13. The molecule has 3 aromatic rings. The van der Waals surface area contributed by atoms with Crippen molar-refractivity contribution in [1.82, 2.24) is 4.90 Å². The van der Waals surface area contributed by atoms with Crippen molar-refractivity contribution in [3.05, 3.63) is 116 Å². The van der Waals surface area contributed by atoms with Gasteiger partial charge >= 0.3 is 0 Å². The van der Waals surface area contributed by atoms with E-state index in [1.807, 2.05) is 60.7 Å². The highest BCUT2D eigenvalue weighted by atomic mass is 16.5. The summed E-state index contributed by atoms with van der Waals surface area (Å²) in [6.07, 6.45) is 4.06. The molecule has 3 aliphatic heterocycles. The van der Waals surface area contributed by atoms with Gasteiger partial charge in [0.15, 0.2) is 0 Å². The summed E-state index contributed by atoms with van der Waals surface area (Å²) in [6.45, 7) is 7.83. The maximum absolute atomic E-state index is 15.0. The van der Waals surface area contributed by atoms with Gasteiger partial charge in [-0.25, -0.2) is 0 Å². The Labute approximate surface area is 275 Å². The van der Waals surface area contributed by atoms with E-state index in [-0.39, 0.29) is 37.4 Å². The lowest BCUT2D eigenvalue weighted by Gasteiger charge is -2.39. The molecule has 6 atom stereocenters. The minimum atomic E-state index is -1.24. The Morgan fingerprint density at radius 2 is 1.55 bits per heavy atom. The number of nitrogens with zero attached hydrogens (tertiary/aromatic N) is 3. The van der Waals surface area contributed by atoms with E-state index >= 15 is 0 Å². The molecule has 3 amide bonds. The predicted octanol–water partition coefficient (Wildman–Crippen LogP) is 4.41. The van der Waals surface area contributed by atoms with E-state index in [1.54, 1.807) is 53.3 Å². The summed E-state index contributed by atoms with van der Waals surface area (Å²) in [5.41, 5.74) is 0.967. The number of anilines is 2. The molecule has 0 aliphatic carbocycles. The molecule has 244 valence electrons. The molecule has 2 bridgehead atoms. The van der Waals surface area contributed by atoms with E-state index in [4.69, 9.17) is 9.47 Å². The van der Waals surface area contributed by atoms with Gasteiger partial charge < -0.3 is 29.3 Å². The average molecular weight is 636 g/mol. The van der Waals surface area contributed by atoms with E-state index in [0.717, 1.165) is 5.56 Å². The molecule has 3 aromatic carbocycles. The monoisotopic (exact) mass is 635 g/mol. The molecule has 3 heterocycles. The number of hydrogen-bond acceptors (Lipinski definition) is 6. The van der Waals surface area contributed by atoms with Gasteiger partial charge in [0, 0.05) is 24.5 Å². The number of benzene rings is 3. The summed E-state index contributed by atoms with van der Waals surface area (Å²) in [5, 5.41) is 10.8. The van der Waals surface area contributed by atoms with Crippen LogP contribution in [0.1, 0.15) is 18.4 Å². The third-order valence-electron chi connectivity index (χ3n) is 9.78. The van der Waals surface area contributed by atoms with Gasteiger partial charge in [0.1, 0.15) is 17.4 Å². The maximum Gasteiger partial charge on any atom is 0.253 e. The number of likely N-dealkylation sites (tertiary alicyclic amines) is 1. The van der Waals surface area contributed by atoms with Crippen molar-refractivity contribution in [1.29, 1.82) is 0 Å². The lowest BCUT2D eigenvalue weighted by molar-refractivity contribution is -0.144. The largest absolute Gasteiger partial charge is 0.497 e. The van der Waals surface area contributed by atoms with E-state index in [2.05, 4.69) is 13.2 Å². The summed E-state index contributed by atoms with van der Waals surface area (Å²) < 4.78 is 12.1. The minimum absolute atomic E-state index is 0.180. The Morgan fingerprint density at radius 3 is 2.15 bits per heavy atom. The van der Waals surface area contributed by atoms with Crippen LogP contribution in [0.2, 0.25) is 0 Å². The van der Waals surface area contributed by atoms with Gasteiger partial charge in [-0.05, 0) is 61.2 Å². The second kappa shape index (κ2) is 13.6. The molecule has 6 rings (SSSR count). The third-order valence-corrected chi connectivity index (χ3v) is 9.78. The Morgan fingerprint density at radius 1 is 0.957 bits per heavy atom. The second-order valence-electron chi connectivity index (χ2n) is 12.3. The molecule has 2 unspecified atom stereocenters. The highest BCUT2D eigenvalue weighted by molar-refractivity contribution is 6.06. The molecule has 0 radical (unpaired) electrons. The van der Waals surface area contributed by atoms with Crippen LogP contribution >= 0.6 is 0 Å². The summed E-state index contributed by atoms with van der Waals surface area (Å²) in [4.78, 5) is 49.1. The highest BCUT2D eigenvalue weighted by Crippen LogP contribution is 2.59. The average Bonchev–Trinajstić information content (AvgIpc) is 3.76. The van der Waals surface area contributed by atoms with Crippen LogP contribution in [0, 0.1) is 11.8 Å². The molecule has 0 aromatic heterocycles. The number of methoxy groups -OCH3 is 1. The van der Waals surface area contributed by atoms with Gasteiger partial charge in [0.05, 0.1) is 37.7 Å². The van der Waals surface area contributed by atoms with Crippen molar-refractivity contribution < 1.29 is 29.0 Å². The molecule has 1 N–H and O–H groups in total. The Kier molecular flexibility index (Phi) is 9.29. The van der Waals surface area contributed by atoms with Crippen molar-refractivity contribution >= 4 is 29.1 Å². The van der Waals surface area contributed by atoms with Crippen molar-refractivity contribution in [2.45, 2.75) is 43.1 Å². The molecule has 9 heteroatoms. The number of amides is 3. The lowest BCUT2D eigenvalue weighted by Crippen LogP contribution is -2.59. The van der Waals surface area contributed by atoms with Gasteiger partial charge in [0.25, 0.3) is 5.91 Å². The normalized spacial score (nSPS) is 24.8. The van der Waals surface area contributed by atoms with Crippen LogP contribution in [-0.2, 0) is 25.5 Å². The zero-order valence-electron chi connectivity index (χ0n) is 26.6. The fourth-order valence-electron chi connectivity index (χ4n) is 7.78. The first kappa shape index (κ1) is 32.2. The SMILES string of the molecule is C=CCN(C(=O)C1N([C@@H](CO)Cc2ccccc2)C(=O)[C@@H]2[C@H](C(=O)N(CC=C)c3ccccc3)[C@@H]3CCC12O3)c1ccc(OC)cc1. The second-order valence-corrected chi connectivity index (χ2v) is 12.3. The first-order chi connectivity index (χ1) is 22.9. The Balaban J connectivity index is 1.44. The molecule has 3 aliphatic rings. The highest BCUT2D eigenvalue weighted by Gasteiger charge is 2.75. The van der Waals surface area contributed by atoms with Crippen molar-refractivity contribution in [3.63, 3.8) is 0 Å². The van der Waals surface area contributed by atoms with E-state index < -0.39 is 35.6 Å². The molecule has 0 saturated carbocycles. The van der Waals surface area contributed by atoms with E-state index in [0.29, 0.717) is 36.4 Å². The number of aliphatic hydroxyl groups excluding tert-OH is 1. The van der Waals surface area contributed by atoms with Crippen molar-refractivity contribution in [2.24, 2.45) is 11.8 Å². The van der Waals surface area contributed by atoms with Crippen LogP contribution in [0.5, 0.6) is 5.75 Å². The number of ether oxygens (including phenoxy) is 2. The number of hydrogen-bond donors (Lipinski definition) is 1. The first-order valence-corrected chi connectivity index (χ1v) is 16.1. The Bertz CT molecular complexity index is 1610. The van der Waals surface area contributed by atoms with Gasteiger partial charge in [-0.2, -0.15) is 0 Å². The molecule has 9 nitrogen and oxygen atoms in total. The minimum Gasteiger partial charge on any atom is -0.497 e. The first-order valence-electron chi connectivity index (χ1n) is 16.1. The number of carbonyl (C=O) groups is 3. The summed E-state index contributed by atoms with van der Waals surface area (Å²) in [7, 11) is 1.57. The van der Waals surface area contributed by atoms with Crippen LogP contribution in [0.3, 0.4) is 0 Å². The smallest absolute Gasteiger partial charge is 0.253 e. The predicted molar refractivity (Wildman–Crippen MR) is 180 cm³/mol. The number of aliphatic hydroxyl groups is 1. The van der Waals surface area contributed by atoms with Gasteiger partial charge in [-0.3, -0.25) is 14.4 Å². The zero-order valence-corrected chi connectivity index (χ0v) is 26.6. The van der Waals surface area contributed by atoms with Crippen LogP contribution in [0.25, 0.3) is 0 Å². The lowest BCUT2D eigenvalue weighted by atomic mass is 9.70. The molecule has 1 spiro atoms. The molecular weight excluding hydrogens is 594 g/mol. The topological polar surface area (TPSA) is 99.6 Å². The summed E-state index contributed by atoms with van der Waals surface area (Å²) in [6, 6.07) is 24.2. The summed E-state index contributed by atoms with van der Waals surface area (Å²) in [5.74, 6) is -2.00. The zero-order chi connectivity index (χ0) is 33.1. The molecule has 47 heavy (non-hydrogen) atoms. The van der Waals surface area contributed by atoms with Crippen LogP contribution in [0.15, 0.2) is 110 Å². The number of fused-ring (bicyclic) bond motifs is 1. The molecular formula is C38H41N3O6. The van der Waals surface area contributed by atoms with Gasteiger partial charge in [-0.15, -0.1) is 13.2 Å². The fourth-order valence-corrected chi connectivity index (χ4v) is 7.78.